The molecule has 2 aromatic carbocycles. The first-order valence-electron chi connectivity index (χ1n) is 6.41. The second-order valence-electron chi connectivity index (χ2n) is 4.42. The Hall–Kier alpha value is -2.43. The SMILES string of the molecule is COc1ccccc1NC1=NC(c2ccc(F)cc2F)=[C+]S1. The van der Waals surface area contributed by atoms with E-state index in [-0.39, 0.29) is 5.56 Å². The molecule has 1 N–H and O–H groups in total. The van der Waals surface area contributed by atoms with Gasteiger partial charge in [-0.3, -0.25) is 0 Å². The predicted octanol–water partition coefficient (Wildman–Crippen LogP) is 4.29. The summed E-state index contributed by atoms with van der Waals surface area (Å²) >= 11 is 1.21. The predicted molar refractivity (Wildman–Crippen MR) is 84.7 cm³/mol. The van der Waals surface area contributed by atoms with Crippen LogP contribution in [-0.4, -0.2) is 12.3 Å². The lowest BCUT2D eigenvalue weighted by molar-refractivity contribution is 0.417. The zero-order valence-corrected chi connectivity index (χ0v) is 12.4. The van der Waals surface area contributed by atoms with Gasteiger partial charge in [0, 0.05) is 12.1 Å². The summed E-state index contributed by atoms with van der Waals surface area (Å²) in [6.07, 6.45) is 0. The molecule has 1 heterocycles. The van der Waals surface area contributed by atoms with Crippen LogP contribution in [0.3, 0.4) is 0 Å². The zero-order valence-electron chi connectivity index (χ0n) is 11.6. The first-order valence-corrected chi connectivity index (χ1v) is 7.23. The van der Waals surface area contributed by atoms with Gasteiger partial charge in [-0.05, 0) is 18.2 Å². The molecule has 0 saturated heterocycles. The van der Waals surface area contributed by atoms with Crippen LogP contribution in [0.25, 0.3) is 5.70 Å². The number of nitrogens with zero attached hydrogens (tertiary/aromatic N) is 1. The summed E-state index contributed by atoms with van der Waals surface area (Å²) in [4.78, 5) is 4.28. The van der Waals surface area contributed by atoms with E-state index in [9.17, 15) is 8.78 Å². The molecule has 0 fully saturated rings. The summed E-state index contributed by atoms with van der Waals surface area (Å²) < 4.78 is 31.9. The molecule has 6 heteroatoms. The number of thioether (sulfide) groups is 1. The number of hydrogen-bond donors (Lipinski definition) is 1. The third kappa shape index (κ3) is 2.93. The number of halogens is 2. The number of hydrogen-bond acceptors (Lipinski definition) is 4. The minimum atomic E-state index is -0.662. The summed E-state index contributed by atoms with van der Waals surface area (Å²) in [7, 11) is 1.58. The maximum absolute atomic E-state index is 13.8. The molecule has 0 aliphatic carbocycles. The molecule has 0 aromatic heterocycles. The fourth-order valence-electron chi connectivity index (χ4n) is 1.96. The van der Waals surface area contributed by atoms with E-state index in [4.69, 9.17) is 4.74 Å². The monoisotopic (exact) mass is 317 g/mol. The van der Waals surface area contributed by atoms with Crippen molar-refractivity contribution < 1.29 is 13.5 Å². The molecule has 0 amide bonds. The van der Waals surface area contributed by atoms with Gasteiger partial charge < -0.3 is 10.1 Å². The molecular formula is C16H11F2N2OS+. The van der Waals surface area contributed by atoms with Gasteiger partial charge in [-0.25, -0.2) is 4.39 Å². The van der Waals surface area contributed by atoms with E-state index in [0.717, 1.165) is 11.8 Å². The summed E-state index contributed by atoms with van der Waals surface area (Å²) in [6.45, 7) is 0. The molecule has 0 spiro atoms. The third-order valence-electron chi connectivity index (χ3n) is 2.99. The van der Waals surface area contributed by atoms with Crippen molar-refractivity contribution in [3.63, 3.8) is 0 Å². The van der Waals surface area contributed by atoms with Crippen molar-refractivity contribution >= 4 is 28.3 Å². The largest absolute Gasteiger partial charge is 0.495 e. The first kappa shape index (κ1) is 14.5. The molecule has 1 aliphatic rings. The molecule has 110 valence electrons. The number of nitrogens with one attached hydrogen (secondary N) is 1. The number of ether oxygens (including phenoxy) is 1. The Morgan fingerprint density at radius 2 is 2.00 bits per heavy atom. The van der Waals surface area contributed by atoms with Crippen LogP contribution < -0.4 is 10.1 Å². The normalized spacial score (nSPS) is 13.2. The van der Waals surface area contributed by atoms with Crippen LogP contribution in [0.5, 0.6) is 5.75 Å². The number of methoxy groups -OCH3 is 1. The lowest BCUT2D eigenvalue weighted by Gasteiger charge is -2.08. The van der Waals surface area contributed by atoms with Gasteiger partial charge in [0.05, 0.1) is 12.8 Å². The van der Waals surface area contributed by atoms with Gasteiger partial charge >= 0.3 is 5.70 Å². The first-order chi connectivity index (χ1) is 10.7. The van der Waals surface area contributed by atoms with Gasteiger partial charge in [0.15, 0.2) is 11.0 Å². The highest BCUT2D eigenvalue weighted by atomic mass is 32.2. The zero-order chi connectivity index (χ0) is 15.5. The van der Waals surface area contributed by atoms with Gasteiger partial charge in [-0.15, -0.1) is 0 Å². The Labute approximate surface area is 130 Å². The summed E-state index contributed by atoms with van der Waals surface area (Å²) in [6, 6.07) is 10.8. The summed E-state index contributed by atoms with van der Waals surface area (Å²) in [5, 5.41) is 6.55. The Bertz CT molecular complexity index is 774. The molecule has 1 aliphatic heterocycles. The Morgan fingerprint density at radius 3 is 2.77 bits per heavy atom. The number of rotatable bonds is 3. The van der Waals surface area contributed by atoms with E-state index < -0.39 is 11.6 Å². The van der Waals surface area contributed by atoms with Gasteiger partial charge in [0.1, 0.15) is 23.3 Å². The van der Waals surface area contributed by atoms with Gasteiger partial charge in [-0.2, -0.15) is 9.38 Å². The number of benzene rings is 2. The van der Waals surface area contributed by atoms with Crippen molar-refractivity contribution in [2.75, 3.05) is 12.4 Å². The van der Waals surface area contributed by atoms with Crippen molar-refractivity contribution in [2.45, 2.75) is 0 Å². The number of amidine groups is 1. The van der Waals surface area contributed by atoms with Gasteiger partial charge in [-0.1, -0.05) is 12.1 Å². The van der Waals surface area contributed by atoms with Crippen LogP contribution >= 0.6 is 11.8 Å². The van der Waals surface area contributed by atoms with Crippen molar-refractivity contribution in [3.8, 4) is 5.75 Å². The van der Waals surface area contributed by atoms with E-state index in [0.29, 0.717) is 16.6 Å². The van der Waals surface area contributed by atoms with Crippen molar-refractivity contribution in [3.05, 3.63) is 65.1 Å². The van der Waals surface area contributed by atoms with E-state index in [1.165, 1.54) is 23.9 Å². The van der Waals surface area contributed by atoms with Crippen LogP contribution in [0.2, 0.25) is 0 Å². The molecule has 22 heavy (non-hydrogen) atoms. The highest BCUT2D eigenvalue weighted by Gasteiger charge is 2.27. The second-order valence-corrected chi connectivity index (χ2v) is 5.21. The van der Waals surface area contributed by atoms with E-state index >= 15 is 0 Å². The highest BCUT2D eigenvalue weighted by Crippen LogP contribution is 2.31. The standard InChI is InChI=1S/C16H11F2N2OS/c1-21-15-5-3-2-4-13(15)19-16-20-14(9-22-16)11-7-6-10(17)8-12(11)18/h2-8H,1H3,(H,19,20)/q+1. The second kappa shape index (κ2) is 6.13. The number of para-hydroxylation sites is 2. The van der Waals surface area contributed by atoms with Gasteiger partial charge in [0.2, 0.25) is 11.0 Å². The lowest BCUT2D eigenvalue weighted by Crippen LogP contribution is -2.06. The van der Waals surface area contributed by atoms with Crippen LogP contribution in [0, 0.1) is 17.0 Å². The number of anilines is 1. The Balaban J connectivity index is 1.82. The van der Waals surface area contributed by atoms with Crippen molar-refractivity contribution in [2.24, 2.45) is 4.99 Å². The number of aliphatic imine (C=N–C) groups is 1. The van der Waals surface area contributed by atoms with Crippen LogP contribution in [-0.2, 0) is 0 Å². The molecule has 0 atom stereocenters. The van der Waals surface area contributed by atoms with Crippen molar-refractivity contribution in [1.82, 2.24) is 0 Å². The molecular weight excluding hydrogens is 306 g/mol. The van der Waals surface area contributed by atoms with Crippen molar-refractivity contribution in [1.29, 1.82) is 0 Å². The molecule has 0 bridgehead atoms. The van der Waals surface area contributed by atoms with Gasteiger partial charge in [0.25, 0.3) is 0 Å². The Kier molecular flexibility index (Phi) is 4.04. The summed E-state index contributed by atoms with van der Waals surface area (Å²) in [5.41, 5.74) is 1.30. The van der Waals surface area contributed by atoms with E-state index in [1.807, 2.05) is 24.3 Å². The highest BCUT2D eigenvalue weighted by molar-refractivity contribution is 8.16. The van der Waals surface area contributed by atoms with E-state index in [1.54, 1.807) is 7.11 Å². The topological polar surface area (TPSA) is 33.6 Å². The molecule has 3 nitrogen and oxygen atoms in total. The molecule has 0 radical (unpaired) electrons. The minimum absolute atomic E-state index is 0.214. The fraction of sp³-hybridized carbons (Fsp3) is 0.0625. The minimum Gasteiger partial charge on any atom is -0.495 e. The molecule has 0 unspecified atom stereocenters. The third-order valence-corrected chi connectivity index (χ3v) is 3.67. The summed E-state index contributed by atoms with van der Waals surface area (Å²) in [5.74, 6) is -0.610. The maximum Gasteiger partial charge on any atom is 0.309 e. The average molecular weight is 317 g/mol. The Morgan fingerprint density at radius 1 is 1.18 bits per heavy atom. The van der Waals surface area contributed by atoms with Crippen LogP contribution in [0.4, 0.5) is 14.5 Å². The lowest BCUT2D eigenvalue weighted by atomic mass is 10.1. The van der Waals surface area contributed by atoms with Crippen LogP contribution in [0.1, 0.15) is 5.56 Å². The van der Waals surface area contributed by atoms with E-state index in [2.05, 4.69) is 15.7 Å². The molecule has 0 saturated carbocycles. The smallest absolute Gasteiger partial charge is 0.309 e. The molecule has 2 aromatic rings. The van der Waals surface area contributed by atoms with Crippen LogP contribution in [0.15, 0.2) is 47.5 Å². The quantitative estimate of drug-likeness (QED) is 0.857. The fourth-order valence-corrected chi connectivity index (χ4v) is 2.60. The maximum atomic E-state index is 13.8. The average Bonchev–Trinajstić information content (AvgIpc) is 2.96. The molecule has 3 rings (SSSR count).